The summed E-state index contributed by atoms with van der Waals surface area (Å²) in [5.74, 6) is -0.0762. The first-order chi connectivity index (χ1) is 8.92. The highest BCUT2D eigenvalue weighted by molar-refractivity contribution is 7.92. The molecule has 0 fully saturated rings. The lowest BCUT2D eigenvalue weighted by molar-refractivity contribution is 0.601. The number of nitrogens with two attached hydrogens (primary N) is 1. The van der Waals surface area contributed by atoms with Crippen molar-refractivity contribution in [2.75, 3.05) is 10.5 Å². The Morgan fingerprint density at radius 3 is 2.63 bits per heavy atom. The van der Waals surface area contributed by atoms with Crippen molar-refractivity contribution in [3.05, 3.63) is 41.3 Å². The van der Waals surface area contributed by atoms with Crippen LogP contribution >= 0.6 is 11.6 Å². The number of nitrogens with one attached hydrogen (secondary N) is 1. The molecule has 3 N–H and O–H groups in total. The molecule has 0 unspecified atom stereocenters. The van der Waals surface area contributed by atoms with Crippen molar-refractivity contribution in [2.24, 2.45) is 0 Å². The standard InChI is InChI=1S/C11H11ClN4O2S/c1-7-4-6-14-10(12)9(7)16-19(17,18)8-3-2-5-15-11(8)13/h2-6,16H,1H3,(H2,13,15). The van der Waals surface area contributed by atoms with Crippen molar-refractivity contribution in [3.8, 4) is 0 Å². The largest absolute Gasteiger partial charge is 0.383 e. The van der Waals surface area contributed by atoms with E-state index in [4.69, 9.17) is 17.3 Å². The lowest BCUT2D eigenvalue weighted by Gasteiger charge is -2.12. The molecule has 0 saturated heterocycles. The van der Waals surface area contributed by atoms with E-state index in [9.17, 15) is 8.42 Å². The Morgan fingerprint density at radius 1 is 1.26 bits per heavy atom. The van der Waals surface area contributed by atoms with Crippen LogP contribution in [0.15, 0.2) is 35.5 Å². The molecular weight excluding hydrogens is 288 g/mol. The number of rotatable bonds is 3. The van der Waals surface area contributed by atoms with Crippen molar-refractivity contribution in [1.82, 2.24) is 9.97 Å². The Kier molecular flexibility index (Phi) is 3.59. The normalized spacial score (nSPS) is 11.3. The van der Waals surface area contributed by atoms with Crippen LogP contribution in [0, 0.1) is 6.92 Å². The Hall–Kier alpha value is -1.86. The molecule has 0 saturated carbocycles. The predicted molar refractivity (Wildman–Crippen MR) is 73.4 cm³/mol. The van der Waals surface area contributed by atoms with E-state index in [-0.39, 0.29) is 21.6 Å². The fourth-order valence-corrected chi connectivity index (χ4v) is 3.00. The summed E-state index contributed by atoms with van der Waals surface area (Å²) in [6, 6.07) is 4.50. The van der Waals surface area contributed by atoms with Gasteiger partial charge in [0, 0.05) is 12.4 Å². The third-order valence-electron chi connectivity index (χ3n) is 2.44. The van der Waals surface area contributed by atoms with E-state index < -0.39 is 10.0 Å². The molecule has 0 bridgehead atoms. The van der Waals surface area contributed by atoms with Gasteiger partial charge in [-0.3, -0.25) is 4.72 Å². The van der Waals surface area contributed by atoms with Crippen molar-refractivity contribution in [1.29, 1.82) is 0 Å². The van der Waals surface area contributed by atoms with Crippen LogP contribution in [0.3, 0.4) is 0 Å². The van der Waals surface area contributed by atoms with Gasteiger partial charge in [0.05, 0.1) is 5.69 Å². The predicted octanol–water partition coefficient (Wildman–Crippen LogP) is 1.82. The molecule has 6 nitrogen and oxygen atoms in total. The average Bonchev–Trinajstić information content (AvgIpc) is 2.34. The summed E-state index contributed by atoms with van der Waals surface area (Å²) in [4.78, 5) is 7.47. The molecule has 2 aromatic rings. The average molecular weight is 299 g/mol. The highest BCUT2D eigenvalue weighted by Gasteiger charge is 2.20. The van der Waals surface area contributed by atoms with E-state index in [1.165, 1.54) is 24.5 Å². The Balaban J connectivity index is 2.46. The third kappa shape index (κ3) is 2.77. The SMILES string of the molecule is Cc1ccnc(Cl)c1NS(=O)(=O)c1cccnc1N. The maximum atomic E-state index is 12.2. The van der Waals surface area contributed by atoms with Gasteiger partial charge in [-0.15, -0.1) is 0 Å². The second-order valence-corrected chi connectivity index (χ2v) is 5.79. The second-order valence-electron chi connectivity index (χ2n) is 3.79. The van der Waals surface area contributed by atoms with Crippen LogP contribution in [-0.4, -0.2) is 18.4 Å². The number of aromatic nitrogens is 2. The lowest BCUT2D eigenvalue weighted by atomic mass is 10.3. The zero-order valence-corrected chi connectivity index (χ0v) is 11.5. The molecule has 0 radical (unpaired) electrons. The zero-order chi connectivity index (χ0) is 14.0. The zero-order valence-electron chi connectivity index (χ0n) is 9.96. The molecule has 0 aromatic carbocycles. The molecule has 100 valence electrons. The van der Waals surface area contributed by atoms with Crippen LogP contribution in [0.25, 0.3) is 0 Å². The van der Waals surface area contributed by atoms with Crippen LogP contribution in [0.5, 0.6) is 0 Å². The van der Waals surface area contributed by atoms with Crippen LogP contribution in [0.4, 0.5) is 11.5 Å². The number of sulfonamides is 1. The summed E-state index contributed by atoms with van der Waals surface area (Å²) >= 11 is 5.88. The van der Waals surface area contributed by atoms with Gasteiger partial charge >= 0.3 is 0 Å². The van der Waals surface area contributed by atoms with Crippen LogP contribution in [0.1, 0.15) is 5.56 Å². The summed E-state index contributed by atoms with van der Waals surface area (Å²) in [5, 5.41) is 0.0750. The van der Waals surface area contributed by atoms with Crippen molar-refractivity contribution in [2.45, 2.75) is 11.8 Å². The number of aryl methyl sites for hydroxylation is 1. The molecule has 2 heterocycles. The number of pyridine rings is 2. The van der Waals surface area contributed by atoms with Gasteiger partial charge in [0.25, 0.3) is 10.0 Å². The summed E-state index contributed by atoms with van der Waals surface area (Å²) < 4.78 is 26.8. The first-order valence-electron chi connectivity index (χ1n) is 5.26. The minimum Gasteiger partial charge on any atom is -0.383 e. The van der Waals surface area contributed by atoms with Gasteiger partial charge < -0.3 is 5.73 Å². The molecule has 2 aromatic heterocycles. The van der Waals surface area contributed by atoms with Crippen molar-refractivity contribution >= 4 is 33.1 Å². The number of anilines is 2. The summed E-state index contributed by atoms with van der Waals surface area (Å²) in [5.41, 5.74) is 6.45. The summed E-state index contributed by atoms with van der Waals surface area (Å²) in [6.45, 7) is 1.72. The number of halogens is 1. The molecule has 0 aliphatic rings. The molecule has 2 rings (SSSR count). The first-order valence-corrected chi connectivity index (χ1v) is 7.12. The number of hydrogen-bond donors (Lipinski definition) is 2. The Morgan fingerprint density at radius 2 is 2.00 bits per heavy atom. The third-order valence-corrected chi connectivity index (χ3v) is 4.12. The van der Waals surface area contributed by atoms with Gasteiger partial charge in [0.2, 0.25) is 0 Å². The van der Waals surface area contributed by atoms with Crippen LogP contribution < -0.4 is 10.5 Å². The molecule has 0 spiro atoms. The Bertz CT molecular complexity index is 698. The van der Waals surface area contributed by atoms with E-state index >= 15 is 0 Å². The smallest absolute Gasteiger partial charge is 0.265 e. The van der Waals surface area contributed by atoms with Crippen molar-refractivity contribution in [3.63, 3.8) is 0 Å². The number of hydrogen-bond acceptors (Lipinski definition) is 5. The quantitative estimate of drug-likeness (QED) is 0.842. The molecule has 0 atom stereocenters. The van der Waals surface area contributed by atoms with Gasteiger partial charge in [0.15, 0.2) is 5.15 Å². The van der Waals surface area contributed by atoms with Gasteiger partial charge in [-0.1, -0.05) is 11.6 Å². The van der Waals surface area contributed by atoms with Gasteiger partial charge in [-0.2, -0.15) is 0 Å². The van der Waals surface area contributed by atoms with Crippen LogP contribution in [0.2, 0.25) is 5.15 Å². The second kappa shape index (κ2) is 5.02. The molecule has 0 amide bonds. The first kappa shape index (κ1) is 13.6. The molecule has 19 heavy (non-hydrogen) atoms. The summed E-state index contributed by atoms with van der Waals surface area (Å²) in [7, 11) is -3.85. The molecular formula is C11H11ClN4O2S. The minimum atomic E-state index is -3.85. The van der Waals surface area contributed by atoms with Gasteiger partial charge in [-0.05, 0) is 30.7 Å². The lowest BCUT2D eigenvalue weighted by Crippen LogP contribution is -2.16. The highest BCUT2D eigenvalue weighted by atomic mass is 35.5. The van der Waals surface area contributed by atoms with Crippen molar-refractivity contribution < 1.29 is 8.42 Å². The number of nitrogens with zero attached hydrogens (tertiary/aromatic N) is 2. The number of nitrogen functional groups attached to an aromatic ring is 1. The molecule has 0 aliphatic carbocycles. The van der Waals surface area contributed by atoms with E-state index in [0.717, 1.165) is 0 Å². The Labute approximate surface area is 115 Å². The highest BCUT2D eigenvalue weighted by Crippen LogP contribution is 2.26. The summed E-state index contributed by atoms with van der Waals surface area (Å²) in [6.07, 6.45) is 2.91. The maximum Gasteiger partial charge on any atom is 0.265 e. The topological polar surface area (TPSA) is 98.0 Å². The van der Waals surface area contributed by atoms with Crippen LogP contribution in [-0.2, 0) is 10.0 Å². The maximum absolute atomic E-state index is 12.2. The van der Waals surface area contributed by atoms with Gasteiger partial charge in [-0.25, -0.2) is 18.4 Å². The van der Waals surface area contributed by atoms with E-state index in [2.05, 4.69) is 14.7 Å². The molecule has 8 heteroatoms. The van der Waals surface area contributed by atoms with E-state index in [1.807, 2.05) is 0 Å². The molecule has 0 aliphatic heterocycles. The van der Waals surface area contributed by atoms with E-state index in [1.54, 1.807) is 13.0 Å². The van der Waals surface area contributed by atoms with Gasteiger partial charge in [0.1, 0.15) is 10.7 Å². The monoisotopic (exact) mass is 298 g/mol. The fourth-order valence-electron chi connectivity index (χ4n) is 1.47. The minimum absolute atomic E-state index is 0.0750. The van der Waals surface area contributed by atoms with E-state index in [0.29, 0.717) is 5.56 Å². The fraction of sp³-hybridized carbons (Fsp3) is 0.0909.